The van der Waals surface area contributed by atoms with Crippen LogP contribution in [0.1, 0.15) is 55.4 Å². The second-order valence-corrected chi connectivity index (χ2v) is 8.11. The summed E-state index contributed by atoms with van der Waals surface area (Å²) in [7, 11) is 1.63. The Bertz CT molecular complexity index is 841. The van der Waals surface area contributed by atoms with Crippen molar-refractivity contribution < 1.29 is 14.3 Å². The molecule has 5 nitrogen and oxygen atoms in total. The second kappa shape index (κ2) is 12.1. The number of benzene rings is 2. The maximum Gasteiger partial charge on any atom is 0.242 e. The number of aryl methyl sites for hydroxylation is 2. The van der Waals surface area contributed by atoms with Gasteiger partial charge in [0.1, 0.15) is 11.8 Å². The van der Waals surface area contributed by atoms with Crippen LogP contribution >= 0.6 is 0 Å². The molecule has 0 spiro atoms. The highest BCUT2D eigenvalue weighted by Gasteiger charge is 2.28. The van der Waals surface area contributed by atoms with Crippen LogP contribution in [0, 0.1) is 13.8 Å². The first kappa shape index (κ1) is 24.4. The molecule has 0 bridgehead atoms. The van der Waals surface area contributed by atoms with E-state index in [1.54, 1.807) is 12.0 Å². The van der Waals surface area contributed by atoms with Gasteiger partial charge >= 0.3 is 0 Å². The van der Waals surface area contributed by atoms with Gasteiger partial charge in [0.2, 0.25) is 11.8 Å². The highest BCUT2D eigenvalue weighted by Crippen LogP contribution is 2.18. The number of methoxy groups -OCH3 is 1. The molecule has 1 atom stereocenters. The van der Waals surface area contributed by atoms with Crippen molar-refractivity contribution in [1.82, 2.24) is 10.2 Å². The molecule has 5 heteroatoms. The van der Waals surface area contributed by atoms with Gasteiger partial charge in [-0.1, -0.05) is 61.7 Å². The Morgan fingerprint density at radius 3 is 2.19 bits per heavy atom. The van der Waals surface area contributed by atoms with E-state index in [-0.39, 0.29) is 18.2 Å². The fourth-order valence-corrected chi connectivity index (χ4v) is 3.80. The lowest BCUT2D eigenvalue weighted by Gasteiger charge is -2.31. The summed E-state index contributed by atoms with van der Waals surface area (Å²) in [5.74, 6) is 0.637. The molecule has 0 heterocycles. The maximum atomic E-state index is 13.4. The molecule has 0 fully saturated rings. The topological polar surface area (TPSA) is 58.6 Å². The maximum absolute atomic E-state index is 13.4. The quantitative estimate of drug-likeness (QED) is 0.537. The summed E-state index contributed by atoms with van der Waals surface area (Å²) in [6.07, 6.45) is 2.78. The summed E-state index contributed by atoms with van der Waals surface area (Å²) in [6.45, 7) is 9.13. The lowest BCUT2D eigenvalue weighted by atomic mass is 10.0. The molecule has 0 unspecified atom stereocenters. The first-order chi connectivity index (χ1) is 14.9. The predicted molar refractivity (Wildman–Crippen MR) is 125 cm³/mol. The lowest BCUT2D eigenvalue weighted by molar-refractivity contribution is -0.140. The van der Waals surface area contributed by atoms with Crippen LogP contribution in [-0.4, -0.2) is 36.4 Å². The van der Waals surface area contributed by atoms with Crippen LogP contribution < -0.4 is 10.1 Å². The van der Waals surface area contributed by atoms with Crippen LogP contribution in [0.15, 0.2) is 42.5 Å². The molecule has 1 N–H and O–H groups in total. The second-order valence-electron chi connectivity index (χ2n) is 8.11. The Morgan fingerprint density at radius 1 is 1.00 bits per heavy atom. The van der Waals surface area contributed by atoms with E-state index in [9.17, 15) is 9.59 Å². The van der Waals surface area contributed by atoms with Gasteiger partial charge in [-0.2, -0.15) is 0 Å². The van der Waals surface area contributed by atoms with Gasteiger partial charge in [-0.15, -0.1) is 0 Å². The van der Waals surface area contributed by atoms with Gasteiger partial charge in [-0.25, -0.2) is 0 Å². The smallest absolute Gasteiger partial charge is 0.242 e. The molecule has 31 heavy (non-hydrogen) atoms. The molecule has 2 rings (SSSR count). The van der Waals surface area contributed by atoms with Crippen LogP contribution in [0.5, 0.6) is 5.75 Å². The molecule has 0 aliphatic carbocycles. The van der Waals surface area contributed by atoms with Crippen molar-refractivity contribution in [2.24, 2.45) is 0 Å². The van der Waals surface area contributed by atoms with E-state index in [0.29, 0.717) is 19.5 Å². The summed E-state index contributed by atoms with van der Waals surface area (Å²) in [4.78, 5) is 28.1. The van der Waals surface area contributed by atoms with Crippen LogP contribution in [0.3, 0.4) is 0 Å². The standard InChI is InChI=1S/C26H36N2O3/c1-6-8-13-27-26(30)24(7-2)28(18-21-9-11-23(31-5)12-10-21)25(29)17-22-15-19(3)14-20(4)16-22/h9-12,14-16,24H,6-8,13,17-18H2,1-5H3,(H,27,30)/t24-/m1/s1. The average molecular weight is 425 g/mol. The first-order valence-electron chi connectivity index (χ1n) is 11.1. The molecule has 168 valence electrons. The molecule has 0 aromatic heterocycles. The van der Waals surface area contributed by atoms with Crippen molar-refractivity contribution in [3.63, 3.8) is 0 Å². The molecule has 0 aliphatic heterocycles. The summed E-state index contributed by atoms with van der Waals surface area (Å²) >= 11 is 0. The number of hydrogen-bond donors (Lipinski definition) is 1. The largest absolute Gasteiger partial charge is 0.497 e. The van der Waals surface area contributed by atoms with E-state index >= 15 is 0 Å². The Hall–Kier alpha value is -2.82. The number of nitrogens with zero attached hydrogens (tertiary/aromatic N) is 1. The fourth-order valence-electron chi connectivity index (χ4n) is 3.80. The van der Waals surface area contributed by atoms with E-state index in [2.05, 4.69) is 18.3 Å². The number of unbranched alkanes of at least 4 members (excludes halogenated alkanes) is 1. The monoisotopic (exact) mass is 424 g/mol. The van der Waals surface area contributed by atoms with Gasteiger partial charge in [0, 0.05) is 13.1 Å². The number of ether oxygens (including phenoxy) is 1. The van der Waals surface area contributed by atoms with Crippen molar-refractivity contribution in [1.29, 1.82) is 0 Å². The van der Waals surface area contributed by atoms with Crippen molar-refractivity contribution in [3.8, 4) is 5.75 Å². The molecule has 0 saturated heterocycles. The third-order valence-corrected chi connectivity index (χ3v) is 5.36. The minimum absolute atomic E-state index is 0.0432. The normalized spacial score (nSPS) is 11.6. The zero-order chi connectivity index (χ0) is 22.8. The van der Waals surface area contributed by atoms with E-state index in [0.717, 1.165) is 40.8 Å². The van der Waals surface area contributed by atoms with Gasteiger partial charge in [0.25, 0.3) is 0 Å². The third-order valence-electron chi connectivity index (χ3n) is 5.36. The van der Waals surface area contributed by atoms with Crippen LogP contribution in [0.2, 0.25) is 0 Å². The third kappa shape index (κ3) is 7.42. The first-order valence-corrected chi connectivity index (χ1v) is 11.1. The summed E-state index contributed by atoms with van der Waals surface area (Å²) in [6, 6.07) is 13.3. The number of amides is 2. The highest BCUT2D eigenvalue weighted by molar-refractivity contribution is 5.88. The van der Waals surface area contributed by atoms with Crippen molar-refractivity contribution in [2.75, 3.05) is 13.7 Å². The van der Waals surface area contributed by atoms with Crippen LogP contribution in [0.4, 0.5) is 0 Å². The van der Waals surface area contributed by atoms with Gasteiger partial charge in [0.05, 0.1) is 13.5 Å². The van der Waals surface area contributed by atoms with E-state index in [1.165, 1.54) is 0 Å². The van der Waals surface area contributed by atoms with Crippen molar-refractivity contribution >= 4 is 11.8 Å². The molecule has 0 radical (unpaired) electrons. The van der Waals surface area contributed by atoms with Gasteiger partial charge in [-0.05, 0) is 49.9 Å². The molecule has 2 amide bonds. The SMILES string of the molecule is CCCCNC(=O)[C@@H](CC)N(Cc1ccc(OC)cc1)C(=O)Cc1cc(C)cc(C)c1. The molecule has 0 saturated carbocycles. The van der Waals surface area contributed by atoms with Crippen molar-refractivity contribution in [2.45, 2.75) is 66.0 Å². The van der Waals surface area contributed by atoms with Gasteiger partial charge in [0.15, 0.2) is 0 Å². The van der Waals surface area contributed by atoms with Gasteiger partial charge < -0.3 is 15.0 Å². The van der Waals surface area contributed by atoms with E-state index in [4.69, 9.17) is 4.74 Å². The highest BCUT2D eigenvalue weighted by atomic mass is 16.5. The Kier molecular flexibility index (Phi) is 9.57. The predicted octanol–water partition coefficient (Wildman–Crippen LogP) is 4.58. The van der Waals surface area contributed by atoms with Crippen molar-refractivity contribution in [3.05, 3.63) is 64.7 Å². The average Bonchev–Trinajstić information content (AvgIpc) is 2.73. The minimum Gasteiger partial charge on any atom is -0.497 e. The van der Waals surface area contributed by atoms with E-state index < -0.39 is 6.04 Å². The summed E-state index contributed by atoms with van der Waals surface area (Å²) < 4.78 is 5.24. The number of rotatable bonds is 11. The Labute approximate surface area is 186 Å². The molecule has 0 aliphatic rings. The summed E-state index contributed by atoms with van der Waals surface area (Å²) in [5.41, 5.74) is 4.21. The zero-order valence-corrected chi connectivity index (χ0v) is 19.5. The summed E-state index contributed by atoms with van der Waals surface area (Å²) in [5, 5.41) is 3.00. The Morgan fingerprint density at radius 2 is 1.65 bits per heavy atom. The Balaban J connectivity index is 2.27. The van der Waals surface area contributed by atoms with Crippen LogP contribution in [-0.2, 0) is 22.6 Å². The zero-order valence-electron chi connectivity index (χ0n) is 19.5. The molecule has 2 aromatic rings. The number of carbonyl (C=O) groups excluding carboxylic acids is 2. The van der Waals surface area contributed by atoms with Gasteiger partial charge in [-0.3, -0.25) is 9.59 Å². The lowest BCUT2D eigenvalue weighted by Crippen LogP contribution is -2.49. The fraction of sp³-hybridized carbons (Fsp3) is 0.462. The number of hydrogen-bond acceptors (Lipinski definition) is 3. The number of nitrogens with one attached hydrogen (secondary N) is 1. The molecule has 2 aromatic carbocycles. The molecular weight excluding hydrogens is 388 g/mol. The molecular formula is C26H36N2O3. The van der Waals surface area contributed by atoms with E-state index in [1.807, 2.05) is 57.2 Å². The van der Waals surface area contributed by atoms with Crippen LogP contribution in [0.25, 0.3) is 0 Å². The number of carbonyl (C=O) groups is 2. The minimum atomic E-state index is -0.502.